The Kier molecular flexibility index (Phi) is 8.50. The molecule has 32 heavy (non-hydrogen) atoms. The average Bonchev–Trinajstić information content (AvgIpc) is 2.75. The van der Waals surface area contributed by atoms with Gasteiger partial charge in [-0.3, -0.25) is 9.79 Å². The van der Waals surface area contributed by atoms with Crippen LogP contribution >= 0.6 is 23.2 Å². The monoisotopic (exact) mass is 480 g/mol. The second-order valence-corrected chi connectivity index (χ2v) is 9.29. The zero-order valence-electron chi connectivity index (χ0n) is 18.7. The Bertz CT molecular complexity index is 942. The summed E-state index contributed by atoms with van der Waals surface area (Å²) >= 11 is 12.9. The van der Waals surface area contributed by atoms with Crippen LogP contribution in [0.1, 0.15) is 45.1 Å². The number of aliphatic imine (C=N–C) groups is 1. The lowest BCUT2D eigenvalue weighted by Crippen LogP contribution is -2.43. The number of benzene rings is 1. The molecule has 1 aliphatic heterocycles. The number of hydrogen-bond donors (Lipinski definition) is 1. The van der Waals surface area contributed by atoms with Gasteiger partial charge in [0.05, 0.1) is 47.1 Å². The fourth-order valence-electron chi connectivity index (χ4n) is 4.50. The second kappa shape index (κ2) is 10.9. The first kappa shape index (κ1) is 24.9. The maximum absolute atomic E-state index is 13.4. The van der Waals surface area contributed by atoms with E-state index in [1.54, 1.807) is 25.1 Å². The summed E-state index contributed by atoms with van der Waals surface area (Å²) in [6.45, 7) is 6.91. The third-order valence-electron chi connectivity index (χ3n) is 6.13. The topological polar surface area (TPSA) is 91.0 Å². The maximum atomic E-state index is 13.4. The van der Waals surface area contributed by atoms with Gasteiger partial charge in [-0.1, -0.05) is 49.2 Å². The zero-order chi connectivity index (χ0) is 23.4. The van der Waals surface area contributed by atoms with Crippen LogP contribution in [0.5, 0.6) is 0 Å². The van der Waals surface area contributed by atoms with Gasteiger partial charge in [0.25, 0.3) is 0 Å². The van der Waals surface area contributed by atoms with E-state index >= 15 is 0 Å². The van der Waals surface area contributed by atoms with Crippen molar-refractivity contribution < 1.29 is 19.1 Å². The van der Waals surface area contributed by atoms with Crippen LogP contribution in [0, 0.1) is 17.8 Å². The van der Waals surface area contributed by atoms with Crippen LogP contribution in [0.15, 0.2) is 34.5 Å². The quantitative estimate of drug-likeness (QED) is 0.434. The molecule has 2 aliphatic rings. The number of Topliss-reactive ketones (excluding diaryl/α,β-unsaturated/α-hetero) is 1. The van der Waals surface area contributed by atoms with E-state index < -0.39 is 17.8 Å². The van der Waals surface area contributed by atoms with Gasteiger partial charge in [0.2, 0.25) is 0 Å². The molecule has 1 saturated carbocycles. The minimum Gasteiger partial charge on any atom is -0.463 e. The fraction of sp³-hybridized carbons (Fsp3) is 0.542. The summed E-state index contributed by atoms with van der Waals surface area (Å²) in [5.74, 6) is -1.16. The van der Waals surface area contributed by atoms with E-state index in [-0.39, 0.29) is 24.9 Å². The van der Waals surface area contributed by atoms with E-state index in [0.29, 0.717) is 58.8 Å². The highest BCUT2D eigenvalue weighted by Crippen LogP contribution is 2.47. The summed E-state index contributed by atoms with van der Waals surface area (Å²) in [5.41, 5.74) is 7.72. The van der Waals surface area contributed by atoms with Gasteiger partial charge in [0, 0.05) is 24.6 Å². The largest absolute Gasteiger partial charge is 0.463 e. The van der Waals surface area contributed by atoms with Gasteiger partial charge in [0.1, 0.15) is 5.78 Å². The van der Waals surface area contributed by atoms with Crippen LogP contribution in [0.25, 0.3) is 0 Å². The number of ether oxygens (including phenoxy) is 2. The molecule has 0 saturated heterocycles. The number of hydrogen-bond acceptors (Lipinski definition) is 6. The molecule has 3 rings (SSSR count). The Morgan fingerprint density at radius 2 is 2.00 bits per heavy atom. The number of nitrogens with two attached hydrogens (primary N) is 1. The van der Waals surface area contributed by atoms with Crippen molar-refractivity contribution in [2.24, 2.45) is 28.5 Å². The molecule has 0 spiro atoms. The van der Waals surface area contributed by atoms with Crippen molar-refractivity contribution in [2.45, 2.75) is 39.5 Å². The van der Waals surface area contributed by atoms with Gasteiger partial charge in [-0.05, 0) is 36.8 Å². The molecule has 1 aromatic carbocycles. The molecule has 0 radical (unpaired) electrons. The lowest BCUT2D eigenvalue weighted by molar-refractivity contribution is -0.139. The molecule has 8 heteroatoms. The molecule has 1 aromatic rings. The normalized spacial score (nSPS) is 23.3. The van der Waals surface area contributed by atoms with E-state index in [2.05, 4.69) is 13.8 Å². The minimum absolute atomic E-state index is 0.0541. The third-order valence-corrected chi connectivity index (χ3v) is 6.96. The van der Waals surface area contributed by atoms with Crippen LogP contribution in [-0.2, 0) is 19.1 Å². The van der Waals surface area contributed by atoms with E-state index in [1.807, 2.05) is 0 Å². The molecular weight excluding hydrogens is 451 g/mol. The Hall–Kier alpha value is -1.73. The van der Waals surface area contributed by atoms with E-state index in [9.17, 15) is 9.59 Å². The molecule has 2 N–H and O–H groups in total. The predicted octanol–water partition coefficient (Wildman–Crippen LogP) is 4.58. The van der Waals surface area contributed by atoms with Crippen LogP contribution in [0.2, 0.25) is 10.0 Å². The van der Waals surface area contributed by atoms with Crippen LogP contribution < -0.4 is 5.73 Å². The number of nitrogens with zero attached hydrogens (tertiary/aromatic N) is 1. The van der Waals surface area contributed by atoms with E-state index in [0.717, 1.165) is 5.71 Å². The Balaban J connectivity index is 2.21. The van der Waals surface area contributed by atoms with Crippen molar-refractivity contribution in [3.05, 3.63) is 45.1 Å². The Morgan fingerprint density at radius 1 is 1.25 bits per heavy atom. The highest BCUT2D eigenvalue weighted by Gasteiger charge is 2.47. The summed E-state index contributed by atoms with van der Waals surface area (Å²) in [4.78, 5) is 31.4. The maximum Gasteiger partial charge on any atom is 0.336 e. The SMILES string of the molecule is CCOC(=O)C1=C(COCCN)N=C2CC(C(C)C)CC(=O)C2C1c1cccc(Cl)c1Cl. The van der Waals surface area contributed by atoms with Gasteiger partial charge < -0.3 is 15.2 Å². The smallest absolute Gasteiger partial charge is 0.336 e. The third kappa shape index (κ3) is 5.09. The summed E-state index contributed by atoms with van der Waals surface area (Å²) < 4.78 is 11.0. The summed E-state index contributed by atoms with van der Waals surface area (Å²) in [6.07, 6.45) is 1.12. The van der Waals surface area contributed by atoms with Crippen molar-refractivity contribution in [1.82, 2.24) is 0 Å². The first-order valence-corrected chi connectivity index (χ1v) is 11.8. The molecule has 3 unspecified atom stereocenters. The van der Waals surface area contributed by atoms with E-state index in [1.165, 1.54) is 0 Å². The molecule has 1 aliphatic carbocycles. The van der Waals surface area contributed by atoms with Gasteiger partial charge in [-0.15, -0.1) is 0 Å². The van der Waals surface area contributed by atoms with Gasteiger partial charge in [-0.2, -0.15) is 0 Å². The number of ketones is 1. The molecule has 0 amide bonds. The average molecular weight is 481 g/mol. The molecule has 174 valence electrons. The number of carbonyl (C=O) groups is 2. The Labute approximate surface area is 199 Å². The fourth-order valence-corrected chi connectivity index (χ4v) is 4.92. The minimum atomic E-state index is -0.634. The first-order chi connectivity index (χ1) is 15.3. The molecule has 6 nitrogen and oxygen atoms in total. The van der Waals surface area contributed by atoms with Crippen molar-refractivity contribution in [3.63, 3.8) is 0 Å². The zero-order valence-corrected chi connectivity index (χ0v) is 20.2. The molecule has 0 bridgehead atoms. The molecular formula is C24H30Cl2N2O4. The molecule has 0 aromatic heterocycles. The predicted molar refractivity (Wildman–Crippen MR) is 126 cm³/mol. The standard InChI is InChI=1S/C24H30Cl2N2O4/c1-4-32-24(30)22-18(12-31-9-8-27)28-17-10-14(13(2)3)11-19(29)21(17)20(22)15-6-5-7-16(25)23(15)26/h5-7,13-14,20-21H,4,8-12,27H2,1-3H3. The number of rotatable bonds is 8. The number of esters is 1. The highest BCUT2D eigenvalue weighted by molar-refractivity contribution is 6.42. The van der Waals surface area contributed by atoms with Crippen molar-refractivity contribution in [3.8, 4) is 0 Å². The first-order valence-electron chi connectivity index (χ1n) is 11.0. The van der Waals surface area contributed by atoms with Crippen LogP contribution in [-0.4, -0.2) is 43.8 Å². The lowest BCUT2D eigenvalue weighted by Gasteiger charge is -2.39. The number of fused-ring (bicyclic) bond motifs is 1. The number of halogens is 2. The summed E-state index contributed by atoms with van der Waals surface area (Å²) in [6, 6.07) is 5.26. The highest BCUT2D eigenvalue weighted by atomic mass is 35.5. The number of carbonyl (C=O) groups excluding carboxylic acids is 2. The van der Waals surface area contributed by atoms with Crippen LogP contribution in [0.3, 0.4) is 0 Å². The van der Waals surface area contributed by atoms with Gasteiger partial charge in [0.15, 0.2) is 0 Å². The molecule has 3 atom stereocenters. The molecule has 1 heterocycles. The summed E-state index contributed by atoms with van der Waals surface area (Å²) in [7, 11) is 0. The second-order valence-electron chi connectivity index (χ2n) is 8.50. The van der Waals surface area contributed by atoms with Gasteiger partial charge in [-0.25, -0.2) is 4.79 Å². The van der Waals surface area contributed by atoms with Crippen LogP contribution in [0.4, 0.5) is 0 Å². The summed E-state index contributed by atoms with van der Waals surface area (Å²) in [5, 5.41) is 0.684. The van der Waals surface area contributed by atoms with Crippen molar-refractivity contribution in [2.75, 3.05) is 26.4 Å². The van der Waals surface area contributed by atoms with Crippen molar-refractivity contribution in [1.29, 1.82) is 0 Å². The van der Waals surface area contributed by atoms with Crippen molar-refractivity contribution >= 4 is 40.7 Å². The lowest BCUT2D eigenvalue weighted by atomic mass is 9.65. The molecule has 1 fully saturated rings. The Morgan fingerprint density at radius 3 is 2.66 bits per heavy atom. The van der Waals surface area contributed by atoms with Gasteiger partial charge >= 0.3 is 5.97 Å². The van der Waals surface area contributed by atoms with E-state index in [4.69, 9.17) is 43.4 Å².